The van der Waals surface area contributed by atoms with Gasteiger partial charge in [-0.05, 0) is 31.5 Å². The van der Waals surface area contributed by atoms with E-state index in [0.29, 0.717) is 5.56 Å². The summed E-state index contributed by atoms with van der Waals surface area (Å²) in [5, 5.41) is 2.87. The fraction of sp³-hybridized carbons (Fsp3) is 0.318. The monoisotopic (exact) mass is 382 g/mol. The second-order valence-electron chi connectivity index (χ2n) is 6.77. The summed E-state index contributed by atoms with van der Waals surface area (Å²) < 4.78 is 5.13. The molecule has 6 nitrogen and oxygen atoms in total. The summed E-state index contributed by atoms with van der Waals surface area (Å²) in [6.45, 7) is 3.44. The van der Waals surface area contributed by atoms with Gasteiger partial charge in [-0.1, -0.05) is 48.5 Å². The van der Waals surface area contributed by atoms with Crippen LogP contribution >= 0.6 is 0 Å². The molecule has 1 unspecified atom stereocenters. The van der Waals surface area contributed by atoms with Gasteiger partial charge in [-0.25, -0.2) is 0 Å². The fourth-order valence-corrected chi connectivity index (χ4v) is 2.53. The van der Waals surface area contributed by atoms with E-state index in [2.05, 4.69) is 5.32 Å². The number of carbonyl (C=O) groups is 3. The topological polar surface area (TPSA) is 75.7 Å². The predicted octanol–water partition coefficient (Wildman–Crippen LogP) is 2.96. The predicted molar refractivity (Wildman–Crippen MR) is 107 cm³/mol. The smallest absolute Gasteiger partial charge is 0.308 e. The van der Waals surface area contributed by atoms with Crippen LogP contribution in [-0.2, 0) is 14.3 Å². The first kappa shape index (κ1) is 21.2. The number of benzene rings is 2. The Morgan fingerprint density at radius 3 is 2.11 bits per heavy atom. The van der Waals surface area contributed by atoms with Crippen LogP contribution in [0, 0.1) is 0 Å². The van der Waals surface area contributed by atoms with Gasteiger partial charge in [-0.3, -0.25) is 14.4 Å². The molecule has 0 saturated carbocycles. The Morgan fingerprint density at radius 1 is 0.964 bits per heavy atom. The molecule has 0 aliphatic heterocycles. The molecule has 2 amide bonds. The van der Waals surface area contributed by atoms with Crippen molar-refractivity contribution in [1.82, 2.24) is 10.2 Å². The van der Waals surface area contributed by atoms with Gasteiger partial charge in [0, 0.05) is 18.7 Å². The van der Waals surface area contributed by atoms with Crippen molar-refractivity contribution >= 4 is 17.8 Å². The SMILES string of the molecule is CC(C)N(C)C(=O)COC(=O)CC(NC(=O)c1ccccc1)c1ccccc1. The zero-order valence-corrected chi connectivity index (χ0v) is 16.4. The van der Waals surface area contributed by atoms with E-state index in [-0.39, 0.29) is 30.9 Å². The minimum Gasteiger partial charge on any atom is -0.455 e. The minimum absolute atomic E-state index is 0.0217. The molecule has 0 heterocycles. The van der Waals surface area contributed by atoms with Gasteiger partial charge >= 0.3 is 5.97 Å². The molecule has 0 aliphatic rings. The first-order chi connectivity index (χ1) is 13.4. The Labute approximate surface area is 165 Å². The number of carbonyl (C=O) groups excluding carboxylic acids is 3. The molecule has 1 atom stereocenters. The molecule has 1 N–H and O–H groups in total. The van der Waals surface area contributed by atoms with Crippen LogP contribution in [0.3, 0.4) is 0 Å². The van der Waals surface area contributed by atoms with Gasteiger partial charge in [-0.15, -0.1) is 0 Å². The van der Waals surface area contributed by atoms with E-state index >= 15 is 0 Å². The fourth-order valence-electron chi connectivity index (χ4n) is 2.53. The van der Waals surface area contributed by atoms with Gasteiger partial charge in [-0.2, -0.15) is 0 Å². The van der Waals surface area contributed by atoms with Crippen LogP contribution in [0.5, 0.6) is 0 Å². The molecule has 6 heteroatoms. The van der Waals surface area contributed by atoms with Crippen molar-refractivity contribution in [3.05, 3.63) is 71.8 Å². The van der Waals surface area contributed by atoms with Gasteiger partial charge in [0.05, 0.1) is 12.5 Å². The Bertz CT molecular complexity index is 791. The maximum absolute atomic E-state index is 12.5. The molecular formula is C22H26N2O4. The third kappa shape index (κ3) is 6.23. The molecule has 148 valence electrons. The van der Waals surface area contributed by atoms with E-state index < -0.39 is 12.0 Å². The van der Waals surface area contributed by atoms with E-state index in [1.807, 2.05) is 50.2 Å². The average molecular weight is 382 g/mol. The van der Waals surface area contributed by atoms with Crippen LogP contribution in [0.1, 0.15) is 42.2 Å². The van der Waals surface area contributed by atoms with Gasteiger partial charge in [0.25, 0.3) is 11.8 Å². The third-order valence-corrected chi connectivity index (χ3v) is 4.44. The second-order valence-corrected chi connectivity index (χ2v) is 6.77. The summed E-state index contributed by atoms with van der Waals surface area (Å²) in [7, 11) is 1.66. The maximum atomic E-state index is 12.5. The number of hydrogen-bond donors (Lipinski definition) is 1. The number of likely N-dealkylation sites (N-methyl/N-ethyl adjacent to an activating group) is 1. The second kappa shape index (κ2) is 10.3. The van der Waals surface area contributed by atoms with Crippen molar-refractivity contribution in [2.24, 2.45) is 0 Å². The molecule has 0 aliphatic carbocycles. The molecule has 2 rings (SSSR count). The number of rotatable bonds is 8. The van der Waals surface area contributed by atoms with E-state index in [0.717, 1.165) is 5.56 Å². The van der Waals surface area contributed by atoms with Crippen molar-refractivity contribution < 1.29 is 19.1 Å². The number of hydrogen-bond acceptors (Lipinski definition) is 4. The minimum atomic E-state index is -0.556. The van der Waals surface area contributed by atoms with Crippen molar-refractivity contribution in [2.45, 2.75) is 32.4 Å². The Kier molecular flexibility index (Phi) is 7.75. The zero-order valence-electron chi connectivity index (χ0n) is 16.4. The number of esters is 1. The number of nitrogens with zero attached hydrogens (tertiary/aromatic N) is 1. The van der Waals surface area contributed by atoms with Gasteiger partial charge < -0.3 is 15.0 Å². The molecule has 0 spiro atoms. The molecule has 2 aromatic carbocycles. The Hall–Kier alpha value is -3.15. The third-order valence-electron chi connectivity index (χ3n) is 4.44. The summed E-state index contributed by atoms with van der Waals surface area (Å²) in [4.78, 5) is 38.3. The molecule has 0 fully saturated rings. The highest BCUT2D eigenvalue weighted by atomic mass is 16.5. The van der Waals surface area contributed by atoms with Crippen LogP contribution in [0.4, 0.5) is 0 Å². The van der Waals surface area contributed by atoms with Gasteiger partial charge in [0.15, 0.2) is 6.61 Å². The van der Waals surface area contributed by atoms with Crippen molar-refractivity contribution in [3.63, 3.8) is 0 Å². The molecule has 0 aromatic heterocycles. The summed E-state index contributed by atoms with van der Waals surface area (Å²) in [5.41, 5.74) is 1.29. The number of amides is 2. The van der Waals surface area contributed by atoms with Crippen LogP contribution in [0.2, 0.25) is 0 Å². The highest BCUT2D eigenvalue weighted by Gasteiger charge is 2.21. The lowest BCUT2D eigenvalue weighted by Gasteiger charge is -2.22. The summed E-state index contributed by atoms with van der Waals surface area (Å²) in [5.74, 6) is -1.10. The zero-order chi connectivity index (χ0) is 20.5. The lowest BCUT2D eigenvalue weighted by atomic mass is 10.0. The van der Waals surface area contributed by atoms with Crippen LogP contribution < -0.4 is 5.32 Å². The van der Waals surface area contributed by atoms with Gasteiger partial charge in [0.1, 0.15) is 0 Å². The Balaban J connectivity index is 2.03. The van der Waals surface area contributed by atoms with E-state index in [1.165, 1.54) is 4.90 Å². The Morgan fingerprint density at radius 2 is 1.54 bits per heavy atom. The molecule has 2 aromatic rings. The highest BCUT2D eigenvalue weighted by Crippen LogP contribution is 2.18. The summed E-state index contributed by atoms with van der Waals surface area (Å²) in [6.07, 6.45) is -0.0682. The molecule has 0 bridgehead atoms. The maximum Gasteiger partial charge on any atom is 0.308 e. The van der Waals surface area contributed by atoms with Gasteiger partial charge in [0.2, 0.25) is 0 Å². The van der Waals surface area contributed by atoms with E-state index in [9.17, 15) is 14.4 Å². The van der Waals surface area contributed by atoms with Crippen LogP contribution in [0.25, 0.3) is 0 Å². The molecule has 28 heavy (non-hydrogen) atoms. The summed E-state index contributed by atoms with van der Waals surface area (Å²) >= 11 is 0. The largest absolute Gasteiger partial charge is 0.455 e. The summed E-state index contributed by atoms with van der Waals surface area (Å²) in [6, 6.07) is 17.5. The van der Waals surface area contributed by atoms with Crippen LogP contribution in [0.15, 0.2) is 60.7 Å². The highest BCUT2D eigenvalue weighted by molar-refractivity contribution is 5.94. The molecule has 0 radical (unpaired) electrons. The normalized spacial score (nSPS) is 11.6. The van der Waals surface area contributed by atoms with E-state index in [1.54, 1.807) is 31.3 Å². The standard InChI is InChI=1S/C22H26N2O4/c1-16(2)24(3)20(25)15-28-21(26)14-19(17-10-6-4-7-11-17)23-22(27)18-12-8-5-9-13-18/h4-13,16,19H,14-15H2,1-3H3,(H,23,27). The van der Waals surface area contributed by atoms with Crippen molar-refractivity contribution in [1.29, 1.82) is 0 Å². The van der Waals surface area contributed by atoms with Crippen LogP contribution in [-0.4, -0.2) is 42.4 Å². The molecule has 0 saturated heterocycles. The lowest BCUT2D eigenvalue weighted by molar-refractivity contribution is -0.152. The van der Waals surface area contributed by atoms with Crippen molar-refractivity contribution in [2.75, 3.05) is 13.7 Å². The number of nitrogens with one attached hydrogen (secondary N) is 1. The quantitative estimate of drug-likeness (QED) is 0.712. The first-order valence-electron chi connectivity index (χ1n) is 9.20. The van der Waals surface area contributed by atoms with E-state index in [4.69, 9.17) is 4.74 Å². The lowest BCUT2D eigenvalue weighted by Crippen LogP contribution is -2.36. The molecular weight excluding hydrogens is 356 g/mol. The number of ether oxygens (including phenoxy) is 1. The first-order valence-corrected chi connectivity index (χ1v) is 9.20. The van der Waals surface area contributed by atoms with Crippen molar-refractivity contribution in [3.8, 4) is 0 Å². The average Bonchev–Trinajstić information content (AvgIpc) is 2.72.